The van der Waals surface area contributed by atoms with Crippen LogP contribution >= 0.6 is 0 Å². The predicted octanol–water partition coefficient (Wildman–Crippen LogP) is 4.51. The Balaban J connectivity index is 1.57. The van der Waals surface area contributed by atoms with E-state index in [1.54, 1.807) is 6.92 Å². The van der Waals surface area contributed by atoms with Gasteiger partial charge in [0.05, 0.1) is 16.5 Å². The van der Waals surface area contributed by atoms with Gasteiger partial charge in [0.25, 0.3) is 5.91 Å². The zero-order valence-corrected chi connectivity index (χ0v) is 20.5. The van der Waals surface area contributed by atoms with Gasteiger partial charge >= 0.3 is 6.18 Å². The van der Waals surface area contributed by atoms with E-state index in [0.29, 0.717) is 18.9 Å². The maximum atomic E-state index is 14.2. The van der Waals surface area contributed by atoms with E-state index in [2.05, 4.69) is 5.32 Å². The smallest absolute Gasteiger partial charge is 0.347 e. The third-order valence-electron chi connectivity index (χ3n) is 6.76. The number of alkyl halides is 3. The monoisotopic (exact) mass is 526 g/mol. The lowest BCUT2D eigenvalue weighted by Crippen LogP contribution is -2.49. The molecular formula is C25H26F4N2O4S. The molecule has 1 heterocycles. The van der Waals surface area contributed by atoms with Crippen molar-refractivity contribution in [3.63, 3.8) is 0 Å². The van der Waals surface area contributed by atoms with E-state index in [0.717, 1.165) is 25.2 Å². The Morgan fingerprint density at radius 3 is 2.33 bits per heavy atom. The molecule has 1 aliphatic carbocycles. The van der Waals surface area contributed by atoms with Crippen molar-refractivity contribution in [2.75, 3.05) is 6.26 Å². The van der Waals surface area contributed by atoms with Crippen molar-refractivity contribution < 1.29 is 35.6 Å². The Morgan fingerprint density at radius 2 is 1.75 bits per heavy atom. The van der Waals surface area contributed by atoms with Gasteiger partial charge in [-0.3, -0.25) is 9.59 Å². The van der Waals surface area contributed by atoms with E-state index in [9.17, 15) is 35.6 Å². The molecule has 2 aliphatic rings. The van der Waals surface area contributed by atoms with E-state index in [1.807, 2.05) is 0 Å². The summed E-state index contributed by atoms with van der Waals surface area (Å²) in [6.45, 7) is 1.79. The van der Waals surface area contributed by atoms with Crippen LogP contribution in [0, 0.1) is 11.7 Å². The number of rotatable bonds is 6. The first-order valence-electron chi connectivity index (χ1n) is 11.6. The number of carbonyl (C=O) groups is 2. The summed E-state index contributed by atoms with van der Waals surface area (Å²) in [7, 11) is -3.54. The Bertz CT molecular complexity index is 1290. The van der Waals surface area contributed by atoms with E-state index in [1.165, 1.54) is 35.2 Å². The standard InChI is InChI=1S/C25H26F4N2O4S/c1-14-6-11-21(31(14)24(33)17-4-3-5-18(12-17)36(2,34)35)23(32)30-22(15-7-8-15)16-9-10-19(20(26)13-16)25(27,28)29/h3-5,9-10,12-15,21-22H,6-8,11H2,1-2H3,(H,30,32)/t14-,21-,22-/m1/s1. The lowest BCUT2D eigenvalue weighted by molar-refractivity contribution is -0.140. The number of sulfone groups is 1. The highest BCUT2D eigenvalue weighted by Gasteiger charge is 2.42. The van der Waals surface area contributed by atoms with Crippen LogP contribution in [0.1, 0.15) is 60.1 Å². The molecule has 194 valence electrons. The van der Waals surface area contributed by atoms with Gasteiger partial charge in [0.15, 0.2) is 9.84 Å². The Morgan fingerprint density at radius 1 is 1.06 bits per heavy atom. The van der Waals surface area contributed by atoms with Crippen LogP contribution in [0.15, 0.2) is 47.4 Å². The molecular weight excluding hydrogens is 500 g/mol. The lowest BCUT2D eigenvalue weighted by Gasteiger charge is -2.30. The van der Waals surface area contributed by atoms with Crippen molar-refractivity contribution in [3.05, 3.63) is 65.0 Å². The van der Waals surface area contributed by atoms with E-state index in [4.69, 9.17) is 0 Å². The highest BCUT2D eigenvalue weighted by molar-refractivity contribution is 7.90. The predicted molar refractivity (Wildman–Crippen MR) is 123 cm³/mol. The highest BCUT2D eigenvalue weighted by Crippen LogP contribution is 2.42. The second-order valence-corrected chi connectivity index (χ2v) is 11.5. The SMILES string of the molecule is C[C@@H]1CC[C@H](C(=O)N[C@@H](c2ccc(C(F)(F)F)c(F)c2)C2CC2)N1C(=O)c1cccc(S(C)(=O)=O)c1. The highest BCUT2D eigenvalue weighted by atomic mass is 32.2. The van der Waals surface area contributed by atoms with Crippen molar-refractivity contribution in [1.29, 1.82) is 0 Å². The molecule has 11 heteroatoms. The van der Waals surface area contributed by atoms with Gasteiger partial charge in [-0.2, -0.15) is 13.2 Å². The number of amides is 2. The van der Waals surface area contributed by atoms with Gasteiger partial charge in [0.2, 0.25) is 5.91 Å². The Kier molecular flexibility index (Phi) is 6.89. The fourth-order valence-electron chi connectivity index (χ4n) is 4.70. The Hall–Kier alpha value is -2.95. The molecule has 0 spiro atoms. The maximum Gasteiger partial charge on any atom is 0.419 e. The molecule has 2 aromatic rings. The third-order valence-corrected chi connectivity index (χ3v) is 7.87. The minimum atomic E-state index is -4.82. The molecule has 0 bridgehead atoms. The molecule has 1 saturated carbocycles. The third kappa shape index (κ3) is 5.40. The quantitative estimate of drug-likeness (QED) is 0.562. The zero-order chi connectivity index (χ0) is 26.4. The molecule has 1 N–H and O–H groups in total. The molecule has 1 aliphatic heterocycles. The number of carbonyl (C=O) groups excluding carboxylic acids is 2. The van der Waals surface area contributed by atoms with Crippen LogP contribution in [0.3, 0.4) is 0 Å². The van der Waals surface area contributed by atoms with Crippen LogP contribution < -0.4 is 5.32 Å². The average Bonchev–Trinajstić information content (AvgIpc) is 3.56. The summed E-state index contributed by atoms with van der Waals surface area (Å²) in [4.78, 5) is 28.0. The van der Waals surface area contributed by atoms with Crippen molar-refractivity contribution in [3.8, 4) is 0 Å². The average molecular weight is 527 g/mol. The number of benzene rings is 2. The summed E-state index contributed by atoms with van der Waals surface area (Å²) in [5.41, 5.74) is -1.00. The van der Waals surface area contributed by atoms with Gasteiger partial charge in [-0.05, 0) is 74.4 Å². The van der Waals surface area contributed by atoms with Crippen molar-refractivity contribution in [2.45, 2.75) is 61.8 Å². The van der Waals surface area contributed by atoms with Gasteiger partial charge in [0.1, 0.15) is 11.9 Å². The van der Waals surface area contributed by atoms with E-state index in [-0.39, 0.29) is 28.0 Å². The van der Waals surface area contributed by atoms with E-state index < -0.39 is 51.3 Å². The van der Waals surface area contributed by atoms with Crippen LogP contribution in [0.25, 0.3) is 0 Å². The van der Waals surface area contributed by atoms with Crippen LogP contribution in [0.5, 0.6) is 0 Å². The number of nitrogens with zero attached hydrogens (tertiary/aromatic N) is 1. The van der Waals surface area contributed by atoms with E-state index >= 15 is 0 Å². The summed E-state index contributed by atoms with van der Waals surface area (Å²) >= 11 is 0. The number of hydrogen-bond acceptors (Lipinski definition) is 4. The molecule has 36 heavy (non-hydrogen) atoms. The minimum Gasteiger partial charge on any atom is -0.347 e. The first-order chi connectivity index (χ1) is 16.8. The number of likely N-dealkylation sites (tertiary alicyclic amines) is 1. The van der Waals surface area contributed by atoms with Gasteiger partial charge < -0.3 is 10.2 Å². The molecule has 4 rings (SSSR count). The molecule has 2 amide bonds. The summed E-state index contributed by atoms with van der Waals surface area (Å²) < 4.78 is 77.0. The molecule has 0 unspecified atom stereocenters. The molecule has 6 nitrogen and oxygen atoms in total. The molecule has 2 fully saturated rings. The first-order valence-corrected chi connectivity index (χ1v) is 13.5. The van der Waals surface area contributed by atoms with Crippen molar-refractivity contribution in [2.24, 2.45) is 5.92 Å². The van der Waals surface area contributed by atoms with Gasteiger partial charge in [-0.1, -0.05) is 12.1 Å². The fraction of sp³-hybridized carbons (Fsp3) is 0.440. The minimum absolute atomic E-state index is 0.0145. The second kappa shape index (κ2) is 9.49. The molecule has 2 aromatic carbocycles. The fourth-order valence-corrected chi connectivity index (χ4v) is 5.37. The second-order valence-electron chi connectivity index (χ2n) is 9.52. The van der Waals surface area contributed by atoms with Crippen molar-refractivity contribution >= 4 is 21.7 Å². The van der Waals surface area contributed by atoms with Crippen LogP contribution in [-0.2, 0) is 20.8 Å². The topological polar surface area (TPSA) is 83.6 Å². The van der Waals surface area contributed by atoms with Gasteiger partial charge in [-0.25, -0.2) is 12.8 Å². The lowest BCUT2D eigenvalue weighted by atomic mass is 9.99. The molecule has 1 saturated heterocycles. The van der Waals surface area contributed by atoms with Gasteiger partial charge in [-0.15, -0.1) is 0 Å². The number of nitrogens with one attached hydrogen (secondary N) is 1. The summed E-state index contributed by atoms with van der Waals surface area (Å²) in [6.07, 6.45) is -1.42. The molecule has 3 atom stereocenters. The maximum absolute atomic E-state index is 14.2. The first kappa shape index (κ1) is 26.1. The van der Waals surface area contributed by atoms with Crippen LogP contribution in [-0.4, -0.2) is 43.5 Å². The van der Waals surface area contributed by atoms with Crippen LogP contribution in [0.4, 0.5) is 17.6 Å². The summed E-state index contributed by atoms with van der Waals surface area (Å²) in [6, 6.07) is 6.42. The van der Waals surface area contributed by atoms with Gasteiger partial charge in [0, 0.05) is 17.9 Å². The summed E-state index contributed by atoms with van der Waals surface area (Å²) in [5.74, 6) is -2.42. The van der Waals surface area contributed by atoms with Crippen molar-refractivity contribution in [1.82, 2.24) is 10.2 Å². The Labute approximate surface area is 206 Å². The largest absolute Gasteiger partial charge is 0.419 e. The summed E-state index contributed by atoms with van der Waals surface area (Å²) in [5, 5.41) is 2.84. The molecule has 0 radical (unpaired) electrons. The number of halogens is 4. The molecule has 0 aromatic heterocycles. The number of hydrogen-bond donors (Lipinski definition) is 1. The normalized spacial score (nSPS) is 21.3. The zero-order valence-electron chi connectivity index (χ0n) is 19.7. The van der Waals surface area contributed by atoms with Crippen LogP contribution in [0.2, 0.25) is 0 Å².